The van der Waals surface area contributed by atoms with Gasteiger partial charge in [-0.05, 0) is 44.0 Å². The van der Waals surface area contributed by atoms with Crippen molar-refractivity contribution in [1.82, 2.24) is 4.98 Å². The number of carbonyl (C=O) groups excluding carboxylic acids is 2. The van der Waals surface area contributed by atoms with Gasteiger partial charge in [0.2, 0.25) is 0 Å². The number of fused-ring (bicyclic) bond motifs is 1. The van der Waals surface area contributed by atoms with Gasteiger partial charge in [0.1, 0.15) is 12.1 Å². The van der Waals surface area contributed by atoms with Crippen LogP contribution in [-0.2, 0) is 22.4 Å². The number of benzene rings is 2. The van der Waals surface area contributed by atoms with Gasteiger partial charge in [-0.25, -0.2) is 0 Å². The molecule has 0 atom stereocenters. The number of hydrogen-bond acceptors (Lipinski definition) is 3. The molecule has 0 fully saturated rings. The molecule has 0 spiro atoms. The number of ketones is 1. The summed E-state index contributed by atoms with van der Waals surface area (Å²) < 4.78 is 0. The van der Waals surface area contributed by atoms with Crippen LogP contribution in [0.15, 0.2) is 60.8 Å². The minimum absolute atomic E-state index is 0.246. The third kappa shape index (κ3) is 7.45. The Labute approximate surface area is 155 Å². The summed E-state index contributed by atoms with van der Waals surface area (Å²) in [4.78, 5) is 24.0. The number of aryl methyl sites for hydroxylation is 2. The van der Waals surface area contributed by atoms with Crippen molar-refractivity contribution >= 4 is 23.0 Å². The lowest BCUT2D eigenvalue weighted by molar-refractivity contribution is -0.117. The highest BCUT2D eigenvalue weighted by atomic mass is 16.1. The molecule has 2 aromatic carbocycles. The first-order valence-corrected chi connectivity index (χ1v) is 8.80. The Balaban J connectivity index is 0.000000249. The molecule has 3 N–H and O–H groups in total. The molecule has 0 aliphatic rings. The maximum absolute atomic E-state index is 10.9. The van der Waals surface area contributed by atoms with Crippen LogP contribution in [0.25, 0.3) is 10.9 Å². The number of nitrogens with two attached hydrogens (primary N) is 1. The lowest BCUT2D eigenvalue weighted by Crippen LogP contribution is -1.92. The predicted octanol–water partition coefficient (Wildman–Crippen LogP) is 4.08. The van der Waals surface area contributed by atoms with E-state index in [9.17, 15) is 9.59 Å². The molecule has 3 rings (SSSR count). The van der Waals surface area contributed by atoms with Gasteiger partial charge in [-0.3, -0.25) is 0 Å². The van der Waals surface area contributed by atoms with Gasteiger partial charge in [-0.1, -0.05) is 48.5 Å². The van der Waals surface area contributed by atoms with Crippen LogP contribution in [0.3, 0.4) is 0 Å². The van der Waals surface area contributed by atoms with Crippen LogP contribution >= 0.6 is 0 Å². The van der Waals surface area contributed by atoms with Gasteiger partial charge >= 0.3 is 0 Å². The van der Waals surface area contributed by atoms with Crippen molar-refractivity contribution < 1.29 is 9.59 Å². The van der Waals surface area contributed by atoms with E-state index in [0.717, 1.165) is 24.6 Å². The molecule has 1 heterocycles. The summed E-state index contributed by atoms with van der Waals surface area (Å²) in [5, 5.41) is 1.23. The van der Waals surface area contributed by atoms with Crippen LogP contribution in [-0.4, -0.2) is 24.1 Å². The van der Waals surface area contributed by atoms with Crippen LogP contribution in [0.5, 0.6) is 0 Å². The standard InChI is InChI=1S/C12H13NO.C9H10O.CH5N/c1-9(14)6-7-10-8-13-12-5-3-2-4-11(10)12;10-8-4-7-9-5-2-1-3-6-9;1-2/h2-5,8,13H,6-7H2,1H3;1-3,5-6,8H,4,7H2;2H2,1H3. The number of H-pyrrole nitrogens is 1. The van der Waals surface area contributed by atoms with Crippen LogP contribution in [0.4, 0.5) is 0 Å². The largest absolute Gasteiger partial charge is 0.361 e. The van der Waals surface area contributed by atoms with E-state index >= 15 is 0 Å². The average molecular weight is 352 g/mol. The average Bonchev–Trinajstić information content (AvgIpc) is 3.11. The number of aromatic nitrogens is 1. The van der Waals surface area contributed by atoms with Crippen LogP contribution in [0.2, 0.25) is 0 Å². The summed E-state index contributed by atoms with van der Waals surface area (Å²) in [6, 6.07) is 18.2. The molecule has 26 heavy (non-hydrogen) atoms. The van der Waals surface area contributed by atoms with Crippen molar-refractivity contribution in [1.29, 1.82) is 0 Å². The van der Waals surface area contributed by atoms with Crippen LogP contribution in [0, 0.1) is 0 Å². The first kappa shape index (κ1) is 21.3. The topological polar surface area (TPSA) is 75.9 Å². The maximum Gasteiger partial charge on any atom is 0.130 e. The summed E-state index contributed by atoms with van der Waals surface area (Å²) in [6.45, 7) is 1.63. The second-order valence-electron chi connectivity index (χ2n) is 5.75. The fourth-order valence-electron chi connectivity index (χ4n) is 2.52. The summed E-state index contributed by atoms with van der Waals surface area (Å²) in [5.74, 6) is 0.246. The molecule has 0 radical (unpaired) electrons. The molecule has 1 aromatic heterocycles. The van der Waals surface area contributed by atoms with E-state index in [-0.39, 0.29) is 5.78 Å². The van der Waals surface area contributed by atoms with Gasteiger partial charge in [-0.2, -0.15) is 0 Å². The van der Waals surface area contributed by atoms with E-state index in [1.54, 1.807) is 6.92 Å². The smallest absolute Gasteiger partial charge is 0.130 e. The third-order valence-electron chi connectivity index (χ3n) is 3.82. The summed E-state index contributed by atoms with van der Waals surface area (Å²) in [6.07, 6.45) is 5.90. The maximum atomic E-state index is 10.9. The molecule has 0 aliphatic carbocycles. The quantitative estimate of drug-likeness (QED) is 0.656. The summed E-state index contributed by atoms with van der Waals surface area (Å²) in [5.41, 5.74) is 8.11. The zero-order valence-corrected chi connectivity index (χ0v) is 15.6. The molecule has 3 aromatic rings. The minimum atomic E-state index is 0.246. The molecular weight excluding hydrogens is 324 g/mol. The highest BCUT2D eigenvalue weighted by Crippen LogP contribution is 2.18. The monoisotopic (exact) mass is 352 g/mol. The van der Waals surface area contributed by atoms with E-state index < -0.39 is 0 Å². The van der Waals surface area contributed by atoms with Gasteiger partial charge < -0.3 is 20.3 Å². The number of hydrogen-bond donors (Lipinski definition) is 2. The summed E-state index contributed by atoms with van der Waals surface area (Å²) >= 11 is 0. The number of aldehydes is 1. The second kappa shape index (κ2) is 12.6. The Bertz CT molecular complexity index is 779. The first-order valence-electron chi connectivity index (χ1n) is 8.80. The van der Waals surface area contributed by atoms with Crippen molar-refractivity contribution in [3.8, 4) is 0 Å². The fourth-order valence-corrected chi connectivity index (χ4v) is 2.52. The Kier molecular flexibility index (Phi) is 10.3. The molecule has 4 nitrogen and oxygen atoms in total. The Morgan fingerprint density at radius 1 is 1.00 bits per heavy atom. The molecule has 0 saturated carbocycles. The predicted molar refractivity (Wildman–Crippen MR) is 108 cm³/mol. The molecule has 0 aliphatic heterocycles. The van der Waals surface area contributed by atoms with Gasteiger partial charge in [0.25, 0.3) is 0 Å². The minimum Gasteiger partial charge on any atom is -0.361 e. The Morgan fingerprint density at radius 3 is 2.31 bits per heavy atom. The van der Waals surface area contributed by atoms with E-state index in [1.807, 2.05) is 54.7 Å². The van der Waals surface area contributed by atoms with Gasteiger partial charge in [-0.15, -0.1) is 0 Å². The van der Waals surface area contributed by atoms with E-state index in [4.69, 9.17) is 0 Å². The molecule has 0 bridgehead atoms. The highest BCUT2D eigenvalue weighted by molar-refractivity contribution is 5.84. The van der Waals surface area contributed by atoms with Gasteiger partial charge in [0.05, 0.1) is 0 Å². The number of Topliss-reactive ketones (excluding diaryl/α,β-unsaturated/α-hetero) is 1. The lowest BCUT2D eigenvalue weighted by Gasteiger charge is -1.95. The first-order chi connectivity index (χ1) is 12.7. The highest BCUT2D eigenvalue weighted by Gasteiger charge is 2.03. The molecule has 0 unspecified atom stereocenters. The third-order valence-corrected chi connectivity index (χ3v) is 3.82. The molecule has 0 amide bonds. The molecule has 138 valence electrons. The lowest BCUT2D eigenvalue weighted by atomic mass is 10.1. The zero-order valence-electron chi connectivity index (χ0n) is 15.6. The fraction of sp³-hybridized carbons (Fsp3) is 0.273. The number of rotatable bonds is 6. The normalized spacial score (nSPS) is 9.50. The van der Waals surface area contributed by atoms with Crippen LogP contribution < -0.4 is 5.73 Å². The number of carbonyl (C=O) groups is 2. The van der Waals surface area contributed by atoms with Gasteiger partial charge in [0.15, 0.2) is 0 Å². The van der Waals surface area contributed by atoms with E-state index in [0.29, 0.717) is 12.8 Å². The van der Waals surface area contributed by atoms with Crippen molar-refractivity contribution in [2.45, 2.75) is 32.6 Å². The number of aromatic amines is 1. The van der Waals surface area contributed by atoms with Gasteiger partial charge in [0, 0.05) is 29.9 Å². The Hall–Kier alpha value is -2.72. The van der Waals surface area contributed by atoms with Crippen molar-refractivity contribution in [2.75, 3.05) is 7.05 Å². The number of para-hydroxylation sites is 1. The molecule has 0 saturated heterocycles. The zero-order chi connectivity index (χ0) is 19.2. The SMILES string of the molecule is CC(=O)CCc1c[nH]c2ccccc12.CN.O=CCCc1ccccc1. The van der Waals surface area contributed by atoms with Crippen molar-refractivity contribution in [3.63, 3.8) is 0 Å². The summed E-state index contributed by atoms with van der Waals surface area (Å²) in [7, 11) is 1.50. The van der Waals surface area contributed by atoms with E-state index in [2.05, 4.69) is 16.8 Å². The Morgan fingerprint density at radius 2 is 1.65 bits per heavy atom. The molecule has 4 heteroatoms. The second-order valence-corrected chi connectivity index (χ2v) is 5.75. The van der Waals surface area contributed by atoms with Crippen molar-refractivity contribution in [3.05, 3.63) is 71.9 Å². The van der Waals surface area contributed by atoms with Crippen molar-refractivity contribution in [2.24, 2.45) is 5.73 Å². The number of nitrogens with one attached hydrogen (secondary N) is 1. The molecular formula is C22H28N2O2. The van der Waals surface area contributed by atoms with E-state index in [1.165, 1.54) is 23.6 Å². The van der Waals surface area contributed by atoms with Crippen LogP contribution in [0.1, 0.15) is 30.9 Å².